The Kier molecular flexibility index (Phi) is 3.29. The van der Waals surface area contributed by atoms with Gasteiger partial charge in [-0.15, -0.1) is 0 Å². The number of nitrogens with one attached hydrogen (secondary N) is 1. The molecule has 17 heavy (non-hydrogen) atoms. The van der Waals surface area contributed by atoms with Crippen LogP contribution in [0.5, 0.6) is 0 Å². The van der Waals surface area contributed by atoms with E-state index in [1.807, 2.05) is 26.0 Å². The number of benzene rings is 1. The smallest absolute Gasteiger partial charge is 0.128 e. The van der Waals surface area contributed by atoms with E-state index in [1.54, 1.807) is 25.4 Å². The highest BCUT2D eigenvalue weighted by Crippen LogP contribution is 2.28. The minimum Gasteiger partial charge on any atom is -0.467 e. The molecule has 1 heterocycles. The first-order valence-electron chi connectivity index (χ1n) is 5.60. The van der Waals surface area contributed by atoms with Crippen molar-refractivity contribution in [2.75, 3.05) is 7.05 Å². The molecular formula is C14H16FNO. The second kappa shape index (κ2) is 4.72. The van der Waals surface area contributed by atoms with Crippen LogP contribution in [0.1, 0.15) is 28.5 Å². The molecule has 1 aromatic heterocycles. The fourth-order valence-electron chi connectivity index (χ4n) is 2.18. The van der Waals surface area contributed by atoms with Crippen molar-refractivity contribution in [3.8, 4) is 0 Å². The molecule has 0 aliphatic heterocycles. The summed E-state index contributed by atoms with van der Waals surface area (Å²) in [6.45, 7) is 3.81. The van der Waals surface area contributed by atoms with E-state index >= 15 is 0 Å². The van der Waals surface area contributed by atoms with E-state index in [9.17, 15) is 4.39 Å². The first kappa shape index (κ1) is 11.9. The average Bonchev–Trinajstić information content (AvgIpc) is 2.76. The summed E-state index contributed by atoms with van der Waals surface area (Å²) in [4.78, 5) is 0. The lowest BCUT2D eigenvalue weighted by Gasteiger charge is -2.18. The summed E-state index contributed by atoms with van der Waals surface area (Å²) in [6, 6.07) is 6.94. The van der Waals surface area contributed by atoms with Gasteiger partial charge in [-0.05, 0) is 50.2 Å². The Morgan fingerprint density at radius 2 is 2.06 bits per heavy atom. The highest BCUT2D eigenvalue weighted by molar-refractivity contribution is 5.37. The summed E-state index contributed by atoms with van der Waals surface area (Å²) in [5.41, 5.74) is 2.50. The van der Waals surface area contributed by atoms with Gasteiger partial charge in [0, 0.05) is 5.56 Å². The predicted molar refractivity (Wildman–Crippen MR) is 65.5 cm³/mol. The maximum Gasteiger partial charge on any atom is 0.128 e. The van der Waals surface area contributed by atoms with Crippen LogP contribution < -0.4 is 5.32 Å². The standard InChI is InChI=1S/C14H16FNO/c1-9-7-10(2)13(11(15)8-9)14(16-3)12-5-4-6-17-12/h4-8,14,16H,1-3H3. The van der Waals surface area contributed by atoms with Crippen molar-refractivity contribution in [1.82, 2.24) is 5.32 Å². The summed E-state index contributed by atoms with van der Waals surface area (Å²) in [5, 5.41) is 3.09. The van der Waals surface area contributed by atoms with Crippen molar-refractivity contribution >= 4 is 0 Å². The van der Waals surface area contributed by atoms with Crippen LogP contribution in [0.3, 0.4) is 0 Å². The summed E-state index contributed by atoms with van der Waals surface area (Å²) in [7, 11) is 1.80. The number of aryl methyl sites for hydroxylation is 2. The monoisotopic (exact) mass is 233 g/mol. The zero-order chi connectivity index (χ0) is 12.4. The molecule has 0 saturated heterocycles. The lowest BCUT2D eigenvalue weighted by Crippen LogP contribution is -2.19. The van der Waals surface area contributed by atoms with Crippen LogP contribution >= 0.6 is 0 Å². The molecule has 2 rings (SSSR count). The van der Waals surface area contributed by atoms with Crippen LogP contribution in [-0.2, 0) is 0 Å². The van der Waals surface area contributed by atoms with Crippen LogP contribution in [0.2, 0.25) is 0 Å². The number of halogens is 1. The molecule has 1 aromatic carbocycles. The van der Waals surface area contributed by atoms with E-state index in [4.69, 9.17) is 4.42 Å². The van der Waals surface area contributed by atoms with Crippen LogP contribution in [-0.4, -0.2) is 7.05 Å². The number of rotatable bonds is 3. The van der Waals surface area contributed by atoms with E-state index in [-0.39, 0.29) is 11.9 Å². The van der Waals surface area contributed by atoms with Gasteiger partial charge in [0.1, 0.15) is 11.6 Å². The molecular weight excluding hydrogens is 217 g/mol. The third-order valence-corrected chi connectivity index (χ3v) is 2.89. The molecule has 1 N–H and O–H groups in total. The predicted octanol–water partition coefficient (Wildman–Crippen LogP) is 3.34. The highest BCUT2D eigenvalue weighted by Gasteiger charge is 2.20. The summed E-state index contributed by atoms with van der Waals surface area (Å²) in [6.07, 6.45) is 1.60. The van der Waals surface area contributed by atoms with Gasteiger partial charge < -0.3 is 9.73 Å². The van der Waals surface area contributed by atoms with E-state index in [0.29, 0.717) is 5.56 Å². The van der Waals surface area contributed by atoms with Gasteiger partial charge in [-0.3, -0.25) is 0 Å². The topological polar surface area (TPSA) is 25.2 Å². The van der Waals surface area contributed by atoms with Crippen LogP contribution in [0.15, 0.2) is 34.9 Å². The van der Waals surface area contributed by atoms with Gasteiger partial charge in [-0.2, -0.15) is 0 Å². The molecule has 0 aliphatic rings. The van der Waals surface area contributed by atoms with Gasteiger partial charge in [0.2, 0.25) is 0 Å². The lowest BCUT2D eigenvalue weighted by molar-refractivity contribution is 0.451. The molecule has 90 valence electrons. The fraction of sp³-hybridized carbons (Fsp3) is 0.286. The maximum atomic E-state index is 14.1. The Hall–Kier alpha value is -1.61. The third-order valence-electron chi connectivity index (χ3n) is 2.89. The van der Waals surface area contributed by atoms with E-state index in [0.717, 1.165) is 16.9 Å². The molecule has 0 spiro atoms. The van der Waals surface area contributed by atoms with E-state index in [2.05, 4.69) is 5.32 Å². The normalized spacial score (nSPS) is 12.7. The van der Waals surface area contributed by atoms with Crippen LogP contribution in [0.25, 0.3) is 0 Å². The second-order valence-electron chi connectivity index (χ2n) is 4.21. The van der Waals surface area contributed by atoms with E-state index < -0.39 is 0 Å². The molecule has 0 fully saturated rings. The Morgan fingerprint density at radius 1 is 1.29 bits per heavy atom. The van der Waals surface area contributed by atoms with Crippen molar-refractivity contribution in [3.05, 3.63) is 58.8 Å². The third kappa shape index (κ3) is 2.24. The molecule has 2 aromatic rings. The Morgan fingerprint density at radius 3 is 2.59 bits per heavy atom. The van der Waals surface area contributed by atoms with Crippen LogP contribution in [0, 0.1) is 19.7 Å². The number of hydrogen-bond acceptors (Lipinski definition) is 2. The first-order valence-corrected chi connectivity index (χ1v) is 5.60. The lowest BCUT2D eigenvalue weighted by atomic mass is 9.97. The molecule has 0 amide bonds. The van der Waals surface area contributed by atoms with E-state index in [1.165, 1.54) is 0 Å². The fourth-order valence-corrected chi connectivity index (χ4v) is 2.18. The molecule has 0 aliphatic carbocycles. The van der Waals surface area contributed by atoms with Crippen molar-refractivity contribution in [2.24, 2.45) is 0 Å². The average molecular weight is 233 g/mol. The molecule has 1 unspecified atom stereocenters. The van der Waals surface area contributed by atoms with Gasteiger partial charge in [-0.1, -0.05) is 6.07 Å². The molecule has 1 atom stereocenters. The minimum absolute atomic E-state index is 0.196. The summed E-state index contributed by atoms with van der Waals surface area (Å²) >= 11 is 0. The quantitative estimate of drug-likeness (QED) is 0.879. The maximum absolute atomic E-state index is 14.1. The molecule has 0 bridgehead atoms. The SMILES string of the molecule is CNC(c1ccco1)c1c(C)cc(C)cc1F. The molecule has 0 radical (unpaired) electrons. The first-order chi connectivity index (χ1) is 8.13. The van der Waals surface area contributed by atoms with Gasteiger partial charge >= 0.3 is 0 Å². The van der Waals surface area contributed by atoms with Crippen molar-refractivity contribution in [2.45, 2.75) is 19.9 Å². The van der Waals surface area contributed by atoms with Gasteiger partial charge in [0.05, 0.1) is 12.3 Å². The van der Waals surface area contributed by atoms with Crippen molar-refractivity contribution in [3.63, 3.8) is 0 Å². The van der Waals surface area contributed by atoms with Crippen molar-refractivity contribution in [1.29, 1.82) is 0 Å². The second-order valence-corrected chi connectivity index (χ2v) is 4.21. The van der Waals surface area contributed by atoms with Gasteiger partial charge in [0.25, 0.3) is 0 Å². The highest BCUT2D eigenvalue weighted by atomic mass is 19.1. The van der Waals surface area contributed by atoms with Gasteiger partial charge in [0.15, 0.2) is 0 Å². The number of furan rings is 1. The van der Waals surface area contributed by atoms with Crippen LogP contribution in [0.4, 0.5) is 4.39 Å². The molecule has 0 saturated carbocycles. The largest absolute Gasteiger partial charge is 0.467 e. The van der Waals surface area contributed by atoms with Gasteiger partial charge in [-0.25, -0.2) is 4.39 Å². The Balaban J connectivity index is 2.52. The molecule has 3 heteroatoms. The zero-order valence-electron chi connectivity index (χ0n) is 10.3. The Bertz CT molecular complexity index is 482. The minimum atomic E-state index is -0.245. The summed E-state index contributed by atoms with van der Waals surface area (Å²) in [5.74, 6) is 0.525. The Labute approximate surface area is 100 Å². The number of hydrogen-bond donors (Lipinski definition) is 1. The van der Waals surface area contributed by atoms with Crippen molar-refractivity contribution < 1.29 is 8.81 Å². The summed E-state index contributed by atoms with van der Waals surface area (Å²) < 4.78 is 19.4. The zero-order valence-corrected chi connectivity index (χ0v) is 10.3. The molecule has 2 nitrogen and oxygen atoms in total.